The molecule has 3 nitrogen and oxygen atoms in total. The van der Waals surface area contributed by atoms with Crippen molar-refractivity contribution < 1.29 is 0 Å². The molecule has 1 aliphatic carbocycles. The Bertz CT molecular complexity index is 3220. The summed E-state index contributed by atoms with van der Waals surface area (Å²) in [7, 11) is 0. The number of rotatable bonds is 6. The summed E-state index contributed by atoms with van der Waals surface area (Å²) in [5.41, 5.74) is 17.2. The topological polar surface area (TPSA) is 38.7 Å². The minimum atomic E-state index is -0.0830. The molecular formula is C56H39N3. The molecule has 2 heterocycles. The van der Waals surface area contributed by atoms with Crippen molar-refractivity contribution in [2.45, 2.75) is 19.3 Å². The maximum absolute atomic E-state index is 5.27. The first kappa shape index (κ1) is 34.7. The highest BCUT2D eigenvalue weighted by Gasteiger charge is 2.36. The van der Waals surface area contributed by atoms with Crippen LogP contribution < -0.4 is 0 Å². The van der Waals surface area contributed by atoms with Crippen LogP contribution in [0.3, 0.4) is 0 Å². The molecule has 0 aliphatic heterocycles. The van der Waals surface area contributed by atoms with Gasteiger partial charge in [-0.1, -0.05) is 159 Å². The molecule has 0 saturated carbocycles. The summed E-state index contributed by atoms with van der Waals surface area (Å²) in [6.07, 6.45) is 3.70. The van der Waals surface area contributed by atoms with Gasteiger partial charge in [0, 0.05) is 40.1 Å². The van der Waals surface area contributed by atoms with Crippen LogP contribution in [0.4, 0.5) is 0 Å². The standard InChI is InChI=1S/C56H39N3/c1-56(2)51-33-42(25-26-48(51)50-31-40-14-6-7-15-41(40)32-52(50)56)36-21-23-37(24-22-36)45-27-28-49(47-20-9-8-19-46(45)47)55-58-53(38-12-4-3-5-13-38)34-54(59-55)43-17-10-16-39(30-43)44-18-11-29-57-35-44/h3-35H,1-2H3. The first-order valence-electron chi connectivity index (χ1n) is 20.2. The molecule has 2 aromatic heterocycles. The molecule has 278 valence electrons. The van der Waals surface area contributed by atoms with Gasteiger partial charge >= 0.3 is 0 Å². The number of nitrogens with zero attached hydrogens (tertiary/aromatic N) is 3. The van der Waals surface area contributed by atoms with E-state index < -0.39 is 0 Å². The summed E-state index contributed by atoms with van der Waals surface area (Å²) >= 11 is 0. The molecule has 0 bridgehead atoms. The second-order valence-electron chi connectivity index (χ2n) is 16.1. The first-order chi connectivity index (χ1) is 29.0. The third kappa shape index (κ3) is 6.02. The summed E-state index contributed by atoms with van der Waals surface area (Å²) in [6.45, 7) is 4.72. The van der Waals surface area contributed by atoms with Crippen molar-refractivity contribution in [2.75, 3.05) is 0 Å². The summed E-state index contributed by atoms with van der Waals surface area (Å²) in [5, 5.41) is 4.86. The fourth-order valence-electron chi connectivity index (χ4n) is 9.05. The van der Waals surface area contributed by atoms with Gasteiger partial charge in [-0.25, -0.2) is 9.97 Å². The summed E-state index contributed by atoms with van der Waals surface area (Å²) in [6, 6.07) is 67.6. The van der Waals surface area contributed by atoms with E-state index in [0.29, 0.717) is 5.82 Å². The zero-order valence-corrected chi connectivity index (χ0v) is 32.9. The number of fused-ring (bicyclic) bond motifs is 5. The Hall–Kier alpha value is -7.49. The largest absolute Gasteiger partial charge is 0.264 e. The Kier molecular flexibility index (Phi) is 8.16. The quantitative estimate of drug-likeness (QED) is 0.170. The van der Waals surface area contributed by atoms with Crippen molar-refractivity contribution in [1.82, 2.24) is 15.0 Å². The van der Waals surface area contributed by atoms with Gasteiger partial charge in [0.05, 0.1) is 11.4 Å². The Morgan fingerprint density at radius 2 is 0.932 bits per heavy atom. The molecular weight excluding hydrogens is 715 g/mol. The summed E-state index contributed by atoms with van der Waals surface area (Å²) in [5.74, 6) is 0.695. The molecule has 11 rings (SSSR count). The van der Waals surface area contributed by atoms with Crippen molar-refractivity contribution in [3.63, 3.8) is 0 Å². The van der Waals surface area contributed by atoms with Gasteiger partial charge in [0.2, 0.25) is 0 Å². The van der Waals surface area contributed by atoms with Crippen LogP contribution in [-0.2, 0) is 5.41 Å². The molecule has 0 fully saturated rings. The number of aromatic nitrogens is 3. The van der Waals surface area contributed by atoms with Crippen molar-refractivity contribution >= 4 is 21.5 Å². The van der Waals surface area contributed by atoms with Crippen molar-refractivity contribution in [1.29, 1.82) is 0 Å². The van der Waals surface area contributed by atoms with E-state index in [4.69, 9.17) is 9.97 Å². The van der Waals surface area contributed by atoms with Gasteiger partial charge in [-0.3, -0.25) is 4.98 Å². The lowest BCUT2D eigenvalue weighted by atomic mass is 9.81. The predicted octanol–water partition coefficient (Wildman–Crippen LogP) is 14.5. The molecule has 3 heteroatoms. The second kappa shape index (κ2) is 13.9. The zero-order chi connectivity index (χ0) is 39.5. The molecule has 0 radical (unpaired) electrons. The van der Waals surface area contributed by atoms with Gasteiger partial charge in [0.25, 0.3) is 0 Å². The van der Waals surface area contributed by atoms with Crippen LogP contribution >= 0.6 is 0 Å². The Labute approximate surface area is 344 Å². The number of hydrogen-bond donors (Lipinski definition) is 0. The van der Waals surface area contributed by atoms with Gasteiger partial charge in [-0.15, -0.1) is 0 Å². The predicted molar refractivity (Wildman–Crippen MR) is 245 cm³/mol. The Morgan fingerprint density at radius 1 is 0.356 bits per heavy atom. The van der Waals surface area contributed by atoms with Crippen molar-refractivity contribution in [3.8, 4) is 78.4 Å². The van der Waals surface area contributed by atoms with Crippen LogP contribution in [0.2, 0.25) is 0 Å². The van der Waals surface area contributed by atoms with E-state index in [1.54, 1.807) is 6.20 Å². The average Bonchev–Trinajstić information content (AvgIpc) is 3.52. The minimum Gasteiger partial charge on any atom is -0.264 e. The van der Waals surface area contributed by atoms with Crippen LogP contribution in [0.1, 0.15) is 25.0 Å². The van der Waals surface area contributed by atoms with Crippen LogP contribution in [-0.4, -0.2) is 15.0 Å². The highest BCUT2D eigenvalue weighted by Crippen LogP contribution is 2.51. The monoisotopic (exact) mass is 753 g/mol. The molecule has 0 N–H and O–H groups in total. The highest BCUT2D eigenvalue weighted by molar-refractivity contribution is 6.04. The average molecular weight is 754 g/mol. The molecule has 0 spiro atoms. The lowest BCUT2D eigenvalue weighted by Gasteiger charge is -2.22. The van der Waals surface area contributed by atoms with E-state index in [0.717, 1.165) is 50.0 Å². The smallest absolute Gasteiger partial charge is 0.161 e. The number of hydrogen-bond acceptors (Lipinski definition) is 3. The summed E-state index contributed by atoms with van der Waals surface area (Å²) < 4.78 is 0. The fraction of sp³-hybridized carbons (Fsp3) is 0.0536. The third-order valence-electron chi connectivity index (χ3n) is 12.2. The maximum atomic E-state index is 5.27. The van der Waals surface area contributed by atoms with Gasteiger partial charge in [0.1, 0.15) is 0 Å². The van der Waals surface area contributed by atoms with Crippen LogP contribution in [0.5, 0.6) is 0 Å². The maximum Gasteiger partial charge on any atom is 0.161 e. The normalized spacial score (nSPS) is 12.7. The molecule has 10 aromatic rings. The van der Waals surface area contributed by atoms with E-state index in [1.807, 2.05) is 18.3 Å². The van der Waals surface area contributed by atoms with Crippen LogP contribution in [0, 0.1) is 0 Å². The highest BCUT2D eigenvalue weighted by atomic mass is 14.9. The first-order valence-corrected chi connectivity index (χ1v) is 20.2. The van der Waals surface area contributed by atoms with Gasteiger partial charge in [-0.2, -0.15) is 0 Å². The lowest BCUT2D eigenvalue weighted by Crippen LogP contribution is -2.15. The minimum absolute atomic E-state index is 0.0830. The van der Waals surface area contributed by atoms with Crippen molar-refractivity contribution in [3.05, 3.63) is 212 Å². The van der Waals surface area contributed by atoms with E-state index in [-0.39, 0.29) is 5.41 Å². The van der Waals surface area contributed by atoms with Gasteiger partial charge in [-0.05, 0) is 114 Å². The Morgan fingerprint density at radius 3 is 1.71 bits per heavy atom. The fourth-order valence-corrected chi connectivity index (χ4v) is 9.05. The van der Waals surface area contributed by atoms with E-state index in [1.165, 1.54) is 55.3 Å². The van der Waals surface area contributed by atoms with Crippen molar-refractivity contribution in [2.24, 2.45) is 0 Å². The number of pyridine rings is 1. The van der Waals surface area contributed by atoms with Crippen LogP contribution in [0.25, 0.3) is 100.0 Å². The van der Waals surface area contributed by atoms with E-state index >= 15 is 0 Å². The zero-order valence-electron chi connectivity index (χ0n) is 32.9. The van der Waals surface area contributed by atoms with Gasteiger partial charge in [0.15, 0.2) is 5.82 Å². The lowest BCUT2D eigenvalue weighted by molar-refractivity contribution is 0.661. The van der Waals surface area contributed by atoms with E-state index in [2.05, 4.69) is 195 Å². The van der Waals surface area contributed by atoms with Gasteiger partial charge < -0.3 is 0 Å². The third-order valence-corrected chi connectivity index (χ3v) is 12.2. The molecule has 1 aliphatic rings. The number of benzene rings is 8. The summed E-state index contributed by atoms with van der Waals surface area (Å²) in [4.78, 5) is 14.8. The van der Waals surface area contributed by atoms with Crippen LogP contribution in [0.15, 0.2) is 200 Å². The molecule has 0 saturated heterocycles. The second-order valence-corrected chi connectivity index (χ2v) is 16.1. The SMILES string of the molecule is CC1(C)c2cc(-c3ccc(-c4ccc(-c5nc(-c6ccccc6)cc(-c6cccc(-c7cccnc7)c6)n5)c5ccccc45)cc3)ccc2-c2cc3ccccc3cc21. The molecule has 0 atom stereocenters. The molecule has 59 heavy (non-hydrogen) atoms. The Balaban J connectivity index is 0.967. The molecule has 0 amide bonds. The molecule has 0 unspecified atom stereocenters. The van der Waals surface area contributed by atoms with E-state index in [9.17, 15) is 0 Å². The molecule has 8 aromatic carbocycles.